The molecule has 0 aromatic carbocycles. The first-order valence-corrected chi connectivity index (χ1v) is 12.4. The van der Waals surface area contributed by atoms with Gasteiger partial charge < -0.3 is 25.0 Å². The molecule has 0 spiro atoms. The van der Waals surface area contributed by atoms with Crippen LogP contribution in [0.4, 0.5) is 0 Å². The van der Waals surface area contributed by atoms with Crippen LogP contribution in [0.5, 0.6) is 0 Å². The predicted octanol–water partition coefficient (Wildman–Crippen LogP) is 3.33. The summed E-state index contributed by atoms with van der Waals surface area (Å²) in [4.78, 5) is 29.3. The zero-order chi connectivity index (χ0) is 24.6. The van der Waals surface area contributed by atoms with Crippen LogP contribution in [0.15, 0.2) is 0 Å². The molecule has 192 valence electrons. The number of carbonyl (C=O) groups excluding carboxylic acids is 2. The number of unbranched alkanes of at least 4 members (excludes halogenated alkanes) is 7. The lowest BCUT2D eigenvalue weighted by Crippen LogP contribution is -2.29. The molecule has 1 saturated heterocycles. The minimum absolute atomic E-state index is 0.00733. The van der Waals surface area contributed by atoms with E-state index < -0.39 is 0 Å². The molecule has 0 saturated carbocycles. The summed E-state index contributed by atoms with van der Waals surface area (Å²) in [5.74, 6) is 0.367. The molecule has 1 aliphatic heterocycles. The Balaban J connectivity index is 0. The highest BCUT2D eigenvalue weighted by Gasteiger charge is 2.23. The Bertz CT molecular complexity index is 439. The third kappa shape index (κ3) is 22.4. The lowest BCUT2D eigenvalue weighted by Gasteiger charge is -2.15. The zero-order valence-corrected chi connectivity index (χ0v) is 21.7. The lowest BCUT2D eigenvalue weighted by atomic mass is 10.1. The van der Waals surface area contributed by atoms with Crippen LogP contribution in [-0.4, -0.2) is 73.5 Å². The maximum atomic E-state index is 11.9. The number of nitrogens with zero attached hydrogens (tertiary/aromatic N) is 1. The Hall–Kier alpha value is -0.830. The number of rotatable bonds is 15. The molecule has 0 aromatic heterocycles. The summed E-state index contributed by atoms with van der Waals surface area (Å²) in [6.45, 7) is 5.21. The number of likely N-dealkylation sites (tertiary alicyclic amines) is 1. The molecule has 1 rings (SSSR count). The van der Waals surface area contributed by atoms with Crippen LogP contribution < -0.4 is 5.32 Å². The minimum Gasteiger partial charge on any atom is -0.400 e. The van der Waals surface area contributed by atoms with Gasteiger partial charge in [0.25, 0.3) is 0 Å². The molecule has 32 heavy (non-hydrogen) atoms. The number of aliphatic hydroxyl groups excluding tert-OH is 2. The second kappa shape index (κ2) is 24.8. The molecule has 10 heteroatoms. The molecule has 2 atom stereocenters. The van der Waals surface area contributed by atoms with Crippen molar-refractivity contribution in [2.24, 2.45) is 0 Å². The molecule has 0 aliphatic carbocycles. The van der Waals surface area contributed by atoms with Gasteiger partial charge in [-0.25, -0.2) is 4.89 Å². The van der Waals surface area contributed by atoms with E-state index in [1.807, 2.05) is 13.8 Å². The third-order valence-electron chi connectivity index (χ3n) is 4.71. The molecular formula is C22H47N2O7P. The van der Waals surface area contributed by atoms with E-state index in [2.05, 4.69) is 19.4 Å². The quantitative estimate of drug-likeness (QED) is 0.142. The second-order valence-corrected chi connectivity index (χ2v) is 8.61. The van der Waals surface area contributed by atoms with Crippen LogP contribution in [0.3, 0.4) is 0 Å². The van der Waals surface area contributed by atoms with Gasteiger partial charge in [0.2, 0.25) is 11.8 Å². The first-order chi connectivity index (χ1) is 15.4. The van der Waals surface area contributed by atoms with Gasteiger partial charge in [-0.1, -0.05) is 38.5 Å². The Kier molecular flexibility index (Phi) is 25.8. The first-order valence-electron chi connectivity index (χ1n) is 11.6. The third-order valence-corrected chi connectivity index (χ3v) is 5.11. The average molecular weight is 483 g/mol. The standard InChI is InChI=1S/C19H36N2O3.C2H7O3P.CH4O/c1-16(2)20-18(23)11-9-7-5-3-4-6-8-10-12-19(24)21-14-13-17(22)15-21;1-3-5-6-4-2;1-2/h16-17,22H,3-15H2,1-2H3,(H,20,23);6H,1-2H3;2H,1H3/t17-;;/m1../s1. The van der Waals surface area contributed by atoms with Gasteiger partial charge in [0.05, 0.1) is 13.2 Å². The van der Waals surface area contributed by atoms with Crippen LogP contribution >= 0.6 is 9.03 Å². The van der Waals surface area contributed by atoms with Crippen molar-refractivity contribution < 1.29 is 33.9 Å². The van der Waals surface area contributed by atoms with Gasteiger partial charge in [0.1, 0.15) is 0 Å². The van der Waals surface area contributed by atoms with Crippen molar-refractivity contribution in [1.82, 2.24) is 10.2 Å². The molecule has 0 bridgehead atoms. The SMILES string of the molecule is CC(C)NC(=O)CCCCCCCCCCC(=O)N1CC[C@@H](O)C1.CO.COOPOC. The van der Waals surface area contributed by atoms with Gasteiger partial charge >= 0.3 is 0 Å². The zero-order valence-electron chi connectivity index (χ0n) is 20.7. The topological polar surface area (TPSA) is 118 Å². The van der Waals surface area contributed by atoms with Gasteiger partial charge in [-0.15, -0.1) is 0 Å². The number of hydrogen-bond donors (Lipinski definition) is 3. The number of carbonyl (C=O) groups is 2. The van der Waals surface area contributed by atoms with E-state index in [1.54, 1.807) is 4.90 Å². The van der Waals surface area contributed by atoms with Crippen molar-refractivity contribution in [3.8, 4) is 0 Å². The molecule has 9 nitrogen and oxygen atoms in total. The Labute approximate surface area is 196 Å². The van der Waals surface area contributed by atoms with E-state index in [1.165, 1.54) is 39.9 Å². The number of aliphatic hydroxyl groups is 2. The summed E-state index contributed by atoms with van der Waals surface area (Å²) < 4.78 is 8.75. The normalized spacial score (nSPS) is 15.4. The molecular weight excluding hydrogens is 435 g/mol. The van der Waals surface area contributed by atoms with E-state index in [0.717, 1.165) is 45.8 Å². The largest absolute Gasteiger partial charge is 0.400 e. The lowest BCUT2D eigenvalue weighted by molar-refractivity contribution is -0.173. The number of β-amino-alcohol motifs (C(OH)–C–C–N with tert-alkyl or cyclic N) is 1. The van der Waals surface area contributed by atoms with E-state index in [4.69, 9.17) is 5.11 Å². The van der Waals surface area contributed by atoms with Gasteiger partial charge in [0, 0.05) is 46.2 Å². The molecule has 0 aromatic rings. The van der Waals surface area contributed by atoms with Crippen LogP contribution in [0.2, 0.25) is 0 Å². The van der Waals surface area contributed by atoms with Crippen LogP contribution in [0.1, 0.15) is 84.5 Å². The first kappa shape index (κ1) is 33.3. The maximum Gasteiger partial charge on any atom is 0.222 e. The molecule has 1 unspecified atom stereocenters. The monoisotopic (exact) mass is 482 g/mol. The fourth-order valence-electron chi connectivity index (χ4n) is 3.21. The fourth-order valence-corrected chi connectivity index (χ4v) is 3.35. The molecule has 2 amide bonds. The van der Waals surface area contributed by atoms with Crippen molar-refractivity contribution >= 4 is 20.8 Å². The second-order valence-electron chi connectivity index (χ2n) is 7.87. The van der Waals surface area contributed by atoms with Crippen LogP contribution in [0.25, 0.3) is 0 Å². The smallest absolute Gasteiger partial charge is 0.222 e. The summed E-state index contributed by atoms with van der Waals surface area (Å²) in [5, 5.41) is 19.3. The Morgan fingerprint density at radius 3 is 1.94 bits per heavy atom. The van der Waals surface area contributed by atoms with Crippen LogP contribution in [0, 0.1) is 0 Å². The fraction of sp³-hybridized carbons (Fsp3) is 0.909. The Morgan fingerprint density at radius 1 is 1.00 bits per heavy atom. The van der Waals surface area contributed by atoms with E-state index in [0.29, 0.717) is 19.4 Å². The van der Waals surface area contributed by atoms with Crippen molar-refractivity contribution in [3.05, 3.63) is 0 Å². The minimum atomic E-state index is -0.314. The molecule has 3 N–H and O–H groups in total. The van der Waals surface area contributed by atoms with Crippen molar-refractivity contribution in [1.29, 1.82) is 0 Å². The molecule has 1 heterocycles. The highest BCUT2D eigenvalue weighted by atomic mass is 31.1. The predicted molar refractivity (Wildman–Crippen MR) is 128 cm³/mol. The summed E-state index contributed by atoms with van der Waals surface area (Å²) in [7, 11) is 3.97. The van der Waals surface area contributed by atoms with Gasteiger partial charge in [-0.3, -0.25) is 9.59 Å². The van der Waals surface area contributed by atoms with E-state index in [9.17, 15) is 14.7 Å². The van der Waals surface area contributed by atoms with Gasteiger partial charge in [0.15, 0.2) is 9.03 Å². The summed E-state index contributed by atoms with van der Waals surface area (Å²) in [6.07, 6.45) is 10.7. The maximum absolute atomic E-state index is 11.9. The molecule has 1 fully saturated rings. The average Bonchev–Trinajstić information content (AvgIpc) is 3.21. The summed E-state index contributed by atoms with van der Waals surface area (Å²) in [5.41, 5.74) is 0. The van der Waals surface area contributed by atoms with Gasteiger partial charge in [-0.05, 0) is 33.1 Å². The van der Waals surface area contributed by atoms with Crippen molar-refractivity contribution in [2.45, 2.75) is 96.6 Å². The van der Waals surface area contributed by atoms with Crippen molar-refractivity contribution in [3.63, 3.8) is 0 Å². The number of hydrogen-bond acceptors (Lipinski definition) is 7. The number of amides is 2. The van der Waals surface area contributed by atoms with E-state index >= 15 is 0 Å². The number of nitrogens with one attached hydrogen (secondary N) is 1. The molecule has 0 radical (unpaired) electrons. The van der Waals surface area contributed by atoms with Gasteiger partial charge in [-0.2, -0.15) is 4.67 Å². The summed E-state index contributed by atoms with van der Waals surface area (Å²) >= 11 is 0. The van der Waals surface area contributed by atoms with Crippen LogP contribution in [-0.2, 0) is 23.7 Å². The highest BCUT2D eigenvalue weighted by molar-refractivity contribution is 7.25. The van der Waals surface area contributed by atoms with Crippen molar-refractivity contribution in [2.75, 3.05) is 34.4 Å². The molecule has 1 aliphatic rings. The summed E-state index contributed by atoms with van der Waals surface area (Å²) in [6, 6.07) is 0.236. The highest BCUT2D eigenvalue weighted by Crippen LogP contribution is 2.14. The Morgan fingerprint density at radius 2 is 1.53 bits per heavy atom. The van der Waals surface area contributed by atoms with E-state index in [-0.39, 0.29) is 33.0 Å².